The van der Waals surface area contributed by atoms with Crippen molar-refractivity contribution in [3.8, 4) is 17.6 Å². The minimum atomic E-state index is -3.79. The molecule has 1 fully saturated rings. The number of para-hydroxylation sites is 2. The molecule has 7 nitrogen and oxygen atoms in total. The SMILES string of the molecule is Cc1ccc2c(c1)C(N1CCCN(S(=O)(=O)c3ccccc3C#N)CC1)=Nc1ccccc1O2. The summed E-state index contributed by atoms with van der Waals surface area (Å²) in [6.45, 7) is 3.83. The molecule has 2 aliphatic rings. The number of amidine groups is 1. The molecule has 2 heterocycles. The first kappa shape index (κ1) is 22.1. The quantitative estimate of drug-likeness (QED) is 0.550. The van der Waals surface area contributed by atoms with Gasteiger partial charge in [0.2, 0.25) is 10.0 Å². The maximum Gasteiger partial charge on any atom is 0.244 e. The lowest BCUT2D eigenvalue weighted by molar-refractivity contribution is 0.407. The van der Waals surface area contributed by atoms with E-state index in [4.69, 9.17) is 9.73 Å². The van der Waals surface area contributed by atoms with Crippen molar-refractivity contribution in [1.82, 2.24) is 9.21 Å². The van der Waals surface area contributed by atoms with Crippen molar-refractivity contribution >= 4 is 21.5 Å². The summed E-state index contributed by atoms with van der Waals surface area (Å²) in [6.07, 6.45) is 0.636. The Bertz CT molecular complexity index is 1430. The Kier molecular flexibility index (Phi) is 5.82. The highest BCUT2D eigenvalue weighted by molar-refractivity contribution is 7.89. The second-order valence-corrected chi connectivity index (χ2v) is 10.3. The number of fused-ring (bicyclic) bond motifs is 2. The molecule has 34 heavy (non-hydrogen) atoms. The Morgan fingerprint density at radius 2 is 1.74 bits per heavy atom. The van der Waals surface area contributed by atoms with Crippen LogP contribution in [-0.2, 0) is 10.0 Å². The minimum Gasteiger partial charge on any atom is -0.454 e. The number of nitrogens with zero attached hydrogens (tertiary/aromatic N) is 4. The number of hydrogen-bond acceptors (Lipinski definition) is 6. The summed E-state index contributed by atoms with van der Waals surface area (Å²) >= 11 is 0. The summed E-state index contributed by atoms with van der Waals surface area (Å²) in [7, 11) is -3.79. The van der Waals surface area contributed by atoms with Gasteiger partial charge in [-0.3, -0.25) is 0 Å². The predicted molar refractivity (Wildman–Crippen MR) is 130 cm³/mol. The van der Waals surface area contributed by atoms with E-state index < -0.39 is 10.0 Å². The Balaban J connectivity index is 1.49. The smallest absolute Gasteiger partial charge is 0.244 e. The Morgan fingerprint density at radius 3 is 2.59 bits per heavy atom. The molecule has 0 amide bonds. The summed E-state index contributed by atoms with van der Waals surface area (Å²) in [5, 5.41) is 9.40. The van der Waals surface area contributed by atoms with Crippen molar-refractivity contribution in [2.45, 2.75) is 18.2 Å². The molecule has 0 radical (unpaired) electrons. The third kappa shape index (κ3) is 4.04. The molecule has 1 saturated heterocycles. The van der Waals surface area contributed by atoms with Crippen LogP contribution >= 0.6 is 0 Å². The first-order valence-electron chi connectivity index (χ1n) is 11.2. The van der Waals surface area contributed by atoms with Crippen LogP contribution in [0.15, 0.2) is 76.6 Å². The van der Waals surface area contributed by atoms with Crippen molar-refractivity contribution in [1.29, 1.82) is 5.26 Å². The van der Waals surface area contributed by atoms with Crippen LogP contribution in [-0.4, -0.2) is 49.6 Å². The van der Waals surface area contributed by atoms with Gasteiger partial charge < -0.3 is 9.64 Å². The molecule has 0 aliphatic carbocycles. The van der Waals surface area contributed by atoms with Gasteiger partial charge in [0.1, 0.15) is 23.3 Å². The van der Waals surface area contributed by atoms with Crippen LogP contribution in [0.3, 0.4) is 0 Å². The molecule has 0 N–H and O–H groups in total. The highest BCUT2D eigenvalue weighted by Gasteiger charge is 2.31. The molecule has 8 heteroatoms. The number of benzene rings is 3. The first-order valence-corrected chi connectivity index (χ1v) is 12.6. The van der Waals surface area contributed by atoms with Crippen LogP contribution < -0.4 is 4.74 Å². The van der Waals surface area contributed by atoms with Crippen molar-refractivity contribution < 1.29 is 13.2 Å². The van der Waals surface area contributed by atoms with E-state index in [2.05, 4.69) is 11.0 Å². The maximum atomic E-state index is 13.4. The van der Waals surface area contributed by atoms with Gasteiger partial charge in [-0.2, -0.15) is 9.57 Å². The fourth-order valence-corrected chi connectivity index (χ4v) is 5.96. The summed E-state index contributed by atoms with van der Waals surface area (Å²) < 4.78 is 34.4. The molecule has 3 aromatic rings. The number of nitriles is 1. The largest absolute Gasteiger partial charge is 0.454 e. The van der Waals surface area contributed by atoms with Gasteiger partial charge in [-0.25, -0.2) is 13.4 Å². The van der Waals surface area contributed by atoms with E-state index in [-0.39, 0.29) is 10.5 Å². The highest BCUT2D eigenvalue weighted by Crippen LogP contribution is 2.38. The number of rotatable bonds is 2. The zero-order chi connectivity index (χ0) is 23.7. The monoisotopic (exact) mass is 472 g/mol. The lowest BCUT2D eigenvalue weighted by Crippen LogP contribution is -2.38. The van der Waals surface area contributed by atoms with Crippen molar-refractivity contribution in [2.24, 2.45) is 4.99 Å². The minimum absolute atomic E-state index is 0.0565. The van der Waals surface area contributed by atoms with Gasteiger partial charge in [-0.1, -0.05) is 35.9 Å². The predicted octanol–water partition coefficient (Wildman–Crippen LogP) is 4.45. The number of aryl methyl sites for hydroxylation is 1. The van der Waals surface area contributed by atoms with E-state index in [1.165, 1.54) is 16.4 Å². The van der Waals surface area contributed by atoms with Gasteiger partial charge in [-0.05, 0) is 49.7 Å². The lowest BCUT2D eigenvalue weighted by atomic mass is 10.1. The summed E-state index contributed by atoms with van der Waals surface area (Å²) in [5.74, 6) is 2.20. The molecule has 5 rings (SSSR count). The van der Waals surface area contributed by atoms with E-state index in [1.54, 1.807) is 12.1 Å². The van der Waals surface area contributed by atoms with Gasteiger partial charge in [0, 0.05) is 26.2 Å². The van der Waals surface area contributed by atoms with Gasteiger partial charge in [0.15, 0.2) is 5.75 Å². The number of sulfonamides is 1. The van der Waals surface area contributed by atoms with Crippen LogP contribution in [0, 0.1) is 18.3 Å². The normalized spacial score (nSPS) is 16.2. The molecule has 2 aliphatic heterocycles. The zero-order valence-electron chi connectivity index (χ0n) is 18.8. The third-order valence-corrected chi connectivity index (χ3v) is 8.02. The summed E-state index contributed by atoms with van der Waals surface area (Å²) in [6, 6.07) is 22.0. The molecule has 172 valence electrons. The average Bonchev–Trinajstić information content (AvgIpc) is 3.19. The number of ether oxygens (including phenoxy) is 1. The van der Waals surface area contributed by atoms with Gasteiger partial charge in [0.25, 0.3) is 0 Å². The number of hydrogen-bond donors (Lipinski definition) is 0. The molecular formula is C26H24N4O3S. The van der Waals surface area contributed by atoms with Crippen LogP contribution in [0.2, 0.25) is 0 Å². The van der Waals surface area contributed by atoms with Crippen molar-refractivity contribution in [2.75, 3.05) is 26.2 Å². The second kappa shape index (κ2) is 8.93. The molecule has 0 unspecified atom stereocenters. The fourth-order valence-electron chi connectivity index (χ4n) is 4.35. The molecule has 0 spiro atoms. The molecule has 0 aromatic heterocycles. The van der Waals surface area contributed by atoms with E-state index in [1.807, 2.05) is 49.4 Å². The highest BCUT2D eigenvalue weighted by atomic mass is 32.2. The molecular weight excluding hydrogens is 448 g/mol. The maximum absolute atomic E-state index is 13.4. The van der Waals surface area contributed by atoms with Gasteiger partial charge in [-0.15, -0.1) is 0 Å². The van der Waals surface area contributed by atoms with Crippen LogP contribution in [0.5, 0.6) is 11.5 Å². The molecule has 3 aromatic carbocycles. The second-order valence-electron chi connectivity index (χ2n) is 8.36. The van der Waals surface area contributed by atoms with E-state index in [0.717, 1.165) is 28.4 Å². The topological polar surface area (TPSA) is 86.0 Å². The fraction of sp³-hybridized carbons (Fsp3) is 0.231. The molecule has 0 bridgehead atoms. The summed E-state index contributed by atoms with van der Waals surface area (Å²) in [4.78, 5) is 7.16. The van der Waals surface area contributed by atoms with Crippen LogP contribution in [0.25, 0.3) is 0 Å². The summed E-state index contributed by atoms with van der Waals surface area (Å²) in [5.41, 5.74) is 2.88. The lowest BCUT2D eigenvalue weighted by Gasteiger charge is -2.25. The Morgan fingerprint density at radius 1 is 0.941 bits per heavy atom. The molecule has 0 atom stereocenters. The van der Waals surface area contributed by atoms with Gasteiger partial charge >= 0.3 is 0 Å². The van der Waals surface area contributed by atoms with E-state index in [9.17, 15) is 13.7 Å². The van der Waals surface area contributed by atoms with Crippen LogP contribution in [0.1, 0.15) is 23.1 Å². The zero-order valence-corrected chi connectivity index (χ0v) is 19.6. The Hall–Kier alpha value is -3.67. The standard InChI is InChI=1S/C26H24N4O3S/c1-19-11-12-23-21(17-19)26(28-22-8-3-4-9-24(22)33-23)29-13-6-14-30(16-15-29)34(31,32)25-10-5-2-7-20(25)18-27/h2-5,7-12,17H,6,13-16H2,1H3. The first-order chi connectivity index (χ1) is 16.5. The third-order valence-electron chi connectivity index (χ3n) is 6.07. The number of aliphatic imine (C=N–C) groups is 1. The van der Waals surface area contributed by atoms with E-state index in [0.29, 0.717) is 38.3 Å². The van der Waals surface area contributed by atoms with E-state index >= 15 is 0 Å². The van der Waals surface area contributed by atoms with Crippen molar-refractivity contribution in [3.05, 3.63) is 83.4 Å². The van der Waals surface area contributed by atoms with Crippen LogP contribution in [0.4, 0.5) is 5.69 Å². The average molecular weight is 473 g/mol. The Labute approximate surface area is 199 Å². The molecule has 0 saturated carbocycles. The van der Waals surface area contributed by atoms with Crippen molar-refractivity contribution in [3.63, 3.8) is 0 Å². The van der Waals surface area contributed by atoms with Gasteiger partial charge in [0.05, 0.1) is 16.0 Å².